The largest absolute Gasteiger partial charge is 0.481 e. The summed E-state index contributed by atoms with van der Waals surface area (Å²) in [6, 6.07) is 13.1. The van der Waals surface area contributed by atoms with Crippen LogP contribution in [0, 0.1) is 0 Å². The molecule has 0 unspecified atom stereocenters. The fraction of sp³-hybridized carbons (Fsp3) is 0.136. The molecule has 3 aromatic rings. The number of halogens is 3. The number of para-hydroxylation sites is 1. The van der Waals surface area contributed by atoms with Gasteiger partial charge in [-0.2, -0.15) is 13.2 Å². The topological polar surface area (TPSA) is 93.7 Å². The number of alkyl halides is 3. The molecule has 7 nitrogen and oxygen atoms in total. The molecule has 3 aromatic carbocycles. The summed E-state index contributed by atoms with van der Waals surface area (Å²) in [5.74, 6) is 0.270. The van der Waals surface area contributed by atoms with Crippen molar-refractivity contribution in [3.63, 3.8) is 0 Å². The SMILES string of the molecule is CNS(=O)(=O)c1ccc(Oc2ccc(C(F)(F)F)cc2)c(-c2cccc3c2OCC(=O)N3)c1. The third-order valence-corrected chi connectivity index (χ3v) is 6.28. The fourth-order valence-electron chi connectivity index (χ4n) is 3.26. The maximum atomic E-state index is 12.9. The van der Waals surface area contributed by atoms with Gasteiger partial charge in [-0.3, -0.25) is 4.79 Å². The highest BCUT2D eigenvalue weighted by atomic mass is 32.2. The molecule has 1 amide bonds. The van der Waals surface area contributed by atoms with Crippen LogP contribution in [0.15, 0.2) is 65.6 Å². The van der Waals surface area contributed by atoms with Gasteiger partial charge in [0.2, 0.25) is 10.0 Å². The van der Waals surface area contributed by atoms with Gasteiger partial charge in [0.15, 0.2) is 12.4 Å². The van der Waals surface area contributed by atoms with Crippen LogP contribution in [0.3, 0.4) is 0 Å². The predicted octanol–water partition coefficient (Wildman–Crippen LogP) is 4.40. The molecule has 0 radical (unpaired) electrons. The van der Waals surface area contributed by atoms with E-state index in [-0.39, 0.29) is 28.9 Å². The quantitative estimate of drug-likeness (QED) is 0.567. The lowest BCUT2D eigenvalue weighted by Crippen LogP contribution is -2.25. The second-order valence-electron chi connectivity index (χ2n) is 7.01. The number of nitrogens with one attached hydrogen (secondary N) is 2. The van der Waals surface area contributed by atoms with Crippen molar-refractivity contribution in [2.24, 2.45) is 0 Å². The molecule has 4 rings (SSSR count). The van der Waals surface area contributed by atoms with Gasteiger partial charge in [0.1, 0.15) is 11.5 Å². The molecule has 1 aliphatic rings. The molecule has 0 spiro atoms. The summed E-state index contributed by atoms with van der Waals surface area (Å²) < 4.78 is 77.0. The van der Waals surface area contributed by atoms with Crippen LogP contribution in [-0.2, 0) is 21.0 Å². The highest BCUT2D eigenvalue weighted by Crippen LogP contribution is 2.44. The predicted molar refractivity (Wildman–Crippen MR) is 114 cm³/mol. The number of sulfonamides is 1. The Balaban J connectivity index is 1.82. The first-order chi connectivity index (χ1) is 15.6. The zero-order chi connectivity index (χ0) is 23.8. The van der Waals surface area contributed by atoms with Crippen LogP contribution < -0.4 is 19.5 Å². The number of amides is 1. The van der Waals surface area contributed by atoms with Crippen molar-refractivity contribution in [1.82, 2.24) is 4.72 Å². The molecular formula is C22H17F3N2O5S. The summed E-state index contributed by atoms with van der Waals surface area (Å²) in [6.07, 6.45) is -4.49. The molecule has 33 heavy (non-hydrogen) atoms. The molecule has 172 valence electrons. The van der Waals surface area contributed by atoms with E-state index < -0.39 is 21.8 Å². The monoisotopic (exact) mass is 478 g/mol. The zero-order valence-electron chi connectivity index (χ0n) is 17.1. The Morgan fingerprint density at radius 2 is 1.76 bits per heavy atom. The molecule has 0 saturated carbocycles. The average molecular weight is 478 g/mol. The van der Waals surface area contributed by atoms with Gasteiger partial charge in [-0.1, -0.05) is 12.1 Å². The smallest absolute Gasteiger partial charge is 0.416 e. The summed E-state index contributed by atoms with van der Waals surface area (Å²) >= 11 is 0. The average Bonchev–Trinajstić information content (AvgIpc) is 2.78. The number of hydrogen-bond acceptors (Lipinski definition) is 5. The van der Waals surface area contributed by atoms with Gasteiger partial charge in [-0.05, 0) is 55.6 Å². The number of hydrogen-bond donors (Lipinski definition) is 2. The highest BCUT2D eigenvalue weighted by molar-refractivity contribution is 7.89. The van der Waals surface area contributed by atoms with Crippen molar-refractivity contribution in [1.29, 1.82) is 0 Å². The van der Waals surface area contributed by atoms with E-state index in [2.05, 4.69) is 10.0 Å². The lowest BCUT2D eigenvalue weighted by Gasteiger charge is -2.22. The van der Waals surface area contributed by atoms with Gasteiger partial charge < -0.3 is 14.8 Å². The number of rotatable bonds is 5. The minimum absolute atomic E-state index is 0.0581. The van der Waals surface area contributed by atoms with Crippen molar-refractivity contribution in [3.05, 3.63) is 66.2 Å². The maximum absolute atomic E-state index is 12.9. The Morgan fingerprint density at radius 3 is 2.42 bits per heavy atom. The van der Waals surface area contributed by atoms with Gasteiger partial charge >= 0.3 is 6.18 Å². The van der Waals surface area contributed by atoms with Crippen LogP contribution in [-0.4, -0.2) is 28.0 Å². The van der Waals surface area contributed by atoms with Crippen LogP contribution in [0.2, 0.25) is 0 Å². The second-order valence-corrected chi connectivity index (χ2v) is 8.90. The number of fused-ring (bicyclic) bond motifs is 1. The molecule has 11 heteroatoms. The van der Waals surface area contributed by atoms with Crippen LogP contribution in [0.5, 0.6) is 17.2 Å². The van der Waals surface area contributed by atoms with Crippen molar-refractivity contribution in [2.45, 2.75) is 11.1 Å². The molecule has 0 saturated heterocycles. The van der Waals surface area contributed by atoms with Crippen molar-refractivity contribution >= 4 is 21.6 Å². The Labute approximate surface area is 187 Å². The summed E-state index contributed by atoms with van der Waals surface area (Å²) in [6.45, 7) is -0.229. The van der Waals surface area contributed by atoms with Crippen LogP contribution in [0.1, 0.15) is 5.56 Å². The van der Waals surface area contributed by atoms with Gasteiger partial charge in [0.05, 0.1) is 16.1 Å². The van der Waals surface area contributed by atoms with E-state index in [9.17, 15) is 26.4 Å². The third kappa shape index (κ3) is 4.64. The first-order valence-electron chi connectivity index (χ1n) is 9.57. The number of carbonyl (C=O) groups is 1. The molecule has 0 atom stereocenters. The Bertz CT molecular complexity index is 1320. The minimum Gasteiger partial charge on any atom is -0.481 e. The van der Waals surface area contributed by atoms with Gasteiger partial charge in [0.25, 0.3) is 5.91 Å². The molecule has 0 bridgehead atoms. The number of ether oxygens (including phenoxy) is 2. The lowest BCUT2D eigenvalue weighted by atomic mass is 10.0. The normalized spacial score (nSPS) is 13.6. The van der Waals surface area contributed by atoms with E-state index in [1.165, 1.54) is 37.4 Å². The Hall–Kier alpha value is -3.57. The first-order valence-corrected chi connectivity index (χ1v) is 11.1. The molecule has 0 aromatic heterocycles. The molecule has 1 heterocycles. The summed E-state index contributed by atoms with van der Waals surface area (Å²) in [5, 5.41) is 2.67. The van der Waals surface area contributed by atoms with Crippen LogP contribution in [0.4, 0.5) is 18.9 Å². The van der Waals surface area contributed by atoms with E-state index >= 15 is 0 Å². The Morgan fingerprint density at radius 1 is 1.03 bits per heavy atom. The van der Waals surface area contributed by atoms with E-state index in [1.54, 1.807) is 18.2 Å². The van der Waals surface area contributed by atoms with E-state index in [0.29, 0.717) is 22.6 Å². The standard InChI is InChI=1S/C22H17F3N2O5S/c1-26-33(29,30)15-9-10-19(32-14-7-5-13(6-8-14)22(23,24)25)17(11-15)16-3-2-4-18-21(16)31-12-20(28)27-18/h2-11,26H,12H2,1H3,(H,27,28). The van der Waals surface area contributed by atoms with E-state index in [0.717, 1.165) is 12.1 Å². The van der Waals surface area contributed by atoms with Gasteiger partial charge in [-0.15, -0.1) is 0 Å². The highest BCUT2D eigenvalue weighted by Gasteiger charge is 2.30. The Kier molecular flexibility index (Phi) is 5.76. The number of carbonyl (C=O) groups excluding carboxylic acids is 1. The second kappa shape index (κ2) is 8.41. The molecule has 0 fully saturated rings. The van der Waals surface area contributed by atoms with Crippen molar-refractivity contribution < 1.29 is 35.9 Å². The minimum atomic E-state index is -4.49. The number of anilines is 1. The molecule has 2 N–H and O–H groups in total. The van der Waals surface area contributed by atoms with E-state index in [4.69, 9.17) is 9.47 Å². The summed E-state index contributed by atoms with van der Waals surface area (Å²) in [4.78, 5) is 11.6. The molecular weight excluding hydrogens is 461 g/mol. The molecule has 1 aliphatic heterocycles. The van der Waals surface area contributed by atoms with Gasteiger partial charge in [0, 0.05) is 11.1 Å². The van der Waals surface area contributed by atoms with Crippen molar-refractivity contribution in [3.8, 4) is 28.4 Å². The van der Waals surface area contributed by atoms with Crippen LogP contribution in [0.25, 0.3) is 11.1 Å². The summed E-state index contributed by atoms with van der Waals surface area (Å²) in [5.41, 5.74) is 0.305. The maximum Gasteiger partial charge on any atom is 0.416 e. The number of benzene rings is 3. The first kappa shape index (κ1) is 22.6. The fourth-order valence-corrected chi connectivity index (χ4v) is 4.02. The zero-order valence-corrected chi connectivity index (χ0v) is 17.9. The van der Waals surface area contributed by atoms with Crippen molar-refractivity contribution in [2.75, 3.05) is 19.0 Å². The van der Waals surface area contributed by atoms with E-state index in [1.807, 2.05) is 0 Å². The molecule has 0 aliphatic carbocycles. The van der Waals surface area contributed by atoms with Gasteiger partial charge in [-0.25, -0.2) is 13.1 Å². The van der Waals surface area contributed by atoms with Crippen LogP contribution >= 0.6 is 0 Å². The lowest BCUT2D eigenvalue weighted by molar-refractivity contribution is -0.137. The third-order valence-electron chi connectivity index (χ3n) is 4.87. The summed E-state index contributed by atoms with van der Waals surface area (Å²) in [7, 11) is -2.54.